The molecular weight excluding hydrogens is 321 g/mol. The summed E-state index contributed by atoms with van der Waals surface area (Å²) in [6.45, 7) is 0. The Labute approximate surface area is 142 Å². The minimum Gasteiger partial charge on any atom is -0.364 e. The number of H-pyrrole nitrogens is 1. The number of rotatable bonds is 2. The third-order valence-corrected chi connectivity index (χ3v) is 4.49. The fourth-order valence-corrected chi connectivity index (χ4v) is 3.27. The molecule has 0 saturated heterocycles. The van der Waals surface area contributed by atoms with E-state index < -0.39 is 5.69 Å². The number of para-hydroxylation sites is 1. The van der Waals surface area contributed by atoms with Gasteiger partial charge in [-0.25, -0.2) is 13.8 Å². The van der Waals surface area contributed by atoms with Crippen LogP contribution >= 0.6 is 0 Å². The molecular formula is C19H16FN3O2. The molecule has 126 valence electrons. The van der Waals surface area contributed by atoms with E-state index in [0.29, 0.717) is 35.5 Å². The van der Waals surface area contributed by atoms with E-state index in [1.165, 1.54) is 6.07 Å². The normalized spacial score (nSPS) is 16.1. The molecule has 0 unspecified atom stereocenters. The van der Waals surface area contributed by atoms with Gasteiger partial charge in [0.25, 0.3) is 5.56 Å². The Morgan fingerprint density at radius 3 is 2.48 bits per heavy atom. The minimum absolute atomic E-state index is 0.281. The van der Waals surface area contributed by atoms with Crippen LogP contribution in [0.25, 0.3) is 5.69 Å². The van der Waals surface area contributed by atoms with Gasteiger partial charge in [-0.3, -0.25) is 9.78 Å². The molecule has 1 aliphatic heterocycles. The smallest absolute Gasteiger partial charge is 0.334 e. The second-order valence-electron chi connectivity index (χ2n) is 6.02. The zero-order valence-electron chi connectivity index (χ0n) is 13.3. The Balaban J connectivity index is 1.78. The average Bonchev–Trinajstić information content (AvgIpc) is 2.62. The van der Waals surface area contributed by atoms with Gasteiger partial charge in [0, 0.05) is 5.56 Å². The number of halogens is 1. The summed E-state index contributed by atoms with van der Waals surface area (Å²) < 4.78 is 15.1. The largest absolute Gasteiger partial charge is 0.364 e. The van der Waals surface area contributed by atoms with Gasteiger partial charge in [-0.05, 0) is 31.0 Å². The van der Waals surface area contributed by atoms with Gasteiger partial charge in [-0.15, -0.1) is 0 Å². The first-order valence-electron chi connectivity index (χ1n) is 8.10. The zero-order valence-corrected chi connectivity index (χ0v) is 13.3. The van der Waals surface area contributed by atoms with E-state index in [2.05, 4.69) is 10.3 Å². The second kappa shape index (κ2) is 6.05. The van der Waals surface area contributed by atoms with Crippen molar-refractivity contribution in [3.05, 3.63) is 92.4 Å². The maximum absolute atomic E-state index is 14.0. The number of hydrogen-bond donors (Lipinski definition) is 2. The highest BCUT2D eigenvalue weighted by Crippen LogP contribution is 2.30. The molecule has 4 rings (SSSR count). The molecule has 6 heteroatoms. The number of hydrogen-bond acceptors (Lipinski definition) is 3. The molecule has 0 amide bonds. The lowest BCUT2D eigenvalue weighted by molar-refractivity contribution is 0.567. The molecule has 0 bridgehead atoms. The van der Waals surface area contributed by atoms with E-state index in [0.717, 1.165) is 4.57 Å². The molecule has 1 atom stereocenters. The molecule has 1 aliphatic rings. The predicted molar refractivity (Wildman–Crippen MR) is 93.7 cm³/mol. The fourth-order valence-electron chi connectivity index (χ4n) is 3.27. The maximum atomic E-state index is 14.0. The van der Waals surface area contributed by atoms with Crippen molar-refractivity contribution in [3.8, 4) is 5.69 Å². The van der Waals surface area contributed by atoms with Gasteiger partial charge in [0.2, 0.25) is 0 Å². The lowest BCUT2D eigenvalue weighted by Gasteiger charge is -2.27. The molecule has 1 aromatic heterocycles. The highest BCUT2D eigenvalue weighted by molar-refractivity contribution is 5.49. The van der Waals surface area contributed by atoms with Crippen LogP contribution in [0.4, 0.5) is 10.2 Å². The Morgan fingerprint density at radius 2 is 1.72 bits per heavy atom. The zero-order chi connectivity index (χ0) is 17.4. The van der Waals surface area contributed by atoms with E-state index >= 15 is 0 Å². The number of aromatic nitrogens is 2. The second-order valence-corrected chi connectivity index (χ2v) is 6.02. The van der Waals surface area contributed by atoms with Crippen LogP contribution in [0.15, 0.2) is 64.2 Å². The van der Waals surface area contributed by atoms with Crippen LogP contribution in [0, 0.1) is 5.82 Å². The maximum Gasteiger partial charge on any atom is 0.334 e. The van der Waals surface area contributed by atoms with Crippen molar-refractivity contribution in [2.24, 2.45) is 0 Å². The molecule has 2 aromatic carbocycles. The van der Waals surface area contributed by atoms with E-state index in [-0.39, 0.29) is 17.4 Å². The molecule has 5 nitrogen and oxygen atoms in total. The first-order valence-corrected chi connectivity index (χ1v) is 8.10. The van der Waals surface area contributed by atoms with Gasteiger partial charge in [0.05, 0.1) is 17.3 Å². The van der Waals surface area contributed by atoms with Crippen LogP contribution in [-0.2, 0) is 6.42 Å². The van der Waals surface area contributed by atoms with Crippen LogP contribution in [0.5, 0.6) is 0 Å². The summed E-state index contributed by atoms with van der Waals surface area (Å²) >= 11 is 0. The van der Waals surface area contributed by atoms with Crippen LogP contribution in [0.2, 0.25) is 0 Å². The minimum atomic E-state index is -0.517. The molecule has 0 spiro atoms. The van der Waals surface area contributed by atoms with Crippen LogP contribution < -0.4 is 16.6 Å². The van der Waals surface area contributed by atoms with Gasteiger partial charge in [0.15, 0.2) is 0 Å². The van der Waals surface area contributed by atoms with Crippen molar-refractivity contribution in [2.75, 3.05) is 5.32 Å². The number of nitrogens with zero attached hydrogens (tertiary/aromatic N) is 1. The van der Waals surface area contributed by atoms with Gasteiger partial charge in [0.1, 0.15) is 11.6 Å². The molecule has 0 radical (unpaired) electrons. The fraction of sp³-hybridized carbons (Fsp3) is 0.158. The first kappa shape index (κ1) is 15.4. The summed E-state index contributed by atoms with van der Waals surface area (Å²) in [5.74, 6) is 0.0742. The van der Waals surface area contributed by atoms with Crippen molar-refractivity contribution < 1.29 is 4.39 Å². The van der Waals surface area contributed by atoms with Crippen LogP contribution in [0.3, 0.4) is 0 Å². The highest BCUT2D eigenvalue weighted by Gasteiger charge is 2.25. The average molecular weight is 337 g/mol. The summed E-state index contributed by atoms with van der Waals surface area (Å²) in [5, 5.41) is 3.11. The van der Waals surface area contributed by atoms with Gasteiger partial charge in [-0.1, -0.05) is 36.4 Å². The van der Waals surface area contributed by atoms with Crippen molar-refractivity contribution in [1.82, 2.24) is 9.55 Å². The monoisotopic (exact) mass is 337 g/mol. The van der Waals surface area contributed by atoms with Crippen molar-refractivity contribution in [2.45, 2.75) is 18.9 Å². The Morgan fingerprint density at radius 1 is 1.00 bits per heavy atom. The van der Waals surface area contributed by atoms with Crippen LogP contribution in [0.1, 0.15) is 23.6 Å². The van der Waals surface area contributed by atoms with Crippen molar-refractivity contribution >= 4 is 5.82 Å². The molecule has 3 aromatic rings. The number of benzene rings is 2. The molecule has 0 fully saturated rings. The SMILES string of the molecule is O=c1[nH]c2c(c(=O)n1-c1ccccc1)CC[C@H](c1ccccc1F)N2. The van der Waals surface area contributed by atoms with Crippen LogP contribution in [-0.4, -0.2) is 9.55 Å². The van der Waals surface area contributed by atoms with E-state index in [1.54, 1.807) is 42.5 Å². The highest BCUT2D eigenvalue weighted by atomic mass is 19.1. The molecule has 2 heterocycles. The number of anilines is 1. The predicted octanol–water partition coefficient (Wildman–Crippen LogP) is 2.76. The number of nitrogens with one attached hydrogen (secondary N) is 2. The number of aromatic amines is 1. The summed E-state index contributed by atoms with van der Waals surface area (Å²) in [5.41, 5.74) is 0.700. The summed E-state index contributed by atoms with van der Waals surface area (Å²) in [4.78, 5) is 27.9. The van der Waals surface area contributed by atoms with Gasteiger partial charge >= 0.3 is 5.69 Å². The first-order chi connectivity index (χ1) is 12.1. The summed E-state index contributed by atoms with van der Waals surface area (Å²) in [6.07, 6.45) is 1.04. The van der Waals surface area contributed by atoms with Gasteiger partial charge < -0.3 is 5.32 Å². The Bertz CT molecular complexity index is 1040. The quantitative estimate of drug-likeness (QED) is 0.756. The summed E-state index contributed by atoms with van der Waals surface area (Å²) in [6, 6.07) is 15.0. The van der Waals surface area contributed by atoms with Crippen molar-refractivity contribution in [3.63, 3.8) is 0 Å². The summed E-state index contributed by atoms with van der Waals surface area (Å²) in [7, 11) is 0. The third kappa shape index (κ3) is 2.65. The van der Waals surface area contributed by atoms with E-state index in [1.807, 2.05) is 6.07 Å². The standard InChI is InChI=1S/C19H16FN3O2/c20-15-9-5-4-8-13(15)16-11-10-14-17(21-16)22-19(25)23(18(14)24)12-6-2-1-3-7-12/h1-9,16,21H,10-11H2,(H,22,25)/t16-/m1/s1. The topological polar surface area (TPSA) is 66.9 Å². The third-order valence-electron chi connectivity index (χ3n) is 4.49. The number of fused-ring (bicyclic) bond motifs is 1. The Hall–Kier alpha value is -3.15. The lowest BCUT2D eigenvalue weighted by atomic mass is 9.95. The molecule has 2 N–H and O–H groups in total. The van der Waals surface area contributed by atoms with Crippen molar-refractivity contribution in [1.29, 1.82) is 0 Å². The molecule has 0 aliphatic carbocycles. The van der Waals surface area contributed by atoms with E-state index in [9.17, 15) is 14.0 Å². The van der Waals surface area contributed by atoms with E-state index in [4.69, 9.17) is 0 Å². The molecule has 0 saturated carbocycles. The lowest BCUT2D eigenvalue weighted by Crippen LogP contribution is -2.39. The molecule has 25 heavy (non-hydrogen) atoms. The van der Waals surface area contributed by atoms with Gasteiger partial charge in [-0.2, -0.15) is 0 Å². The Kier molecular flexibility index (Phi) is 3.72.